The van der Waals surface area contributed by atoms with E-state index in [1.165, 1.54) is 44.5 Å². The highest BCUT2D eigenvalue weighted by Crippen LogP contribution is 2.63. The average Bonchev–Trinajstić information content (AvgIpc) is 1.38. The van der Waals surface area contributed by atoms with Crippen molar-refractivity contribution in [1.82, 2.24) is 4.57 Å². The van der Waals surface area contributed by atoms with Crippen LogP contribution in [0.25, 0.3) is 138 Å². The standard InChI is InChI=1S/C91H53BN2O2S/c1-3-20-54(21-4-1)61-30-19-31-62(55-22-5-2-6-23-55)89(61)94-80-53-60(93-78-35-16-10-27-66(78)67-28-11-17-36-79(67)93)41-43-76(80)92-77-44-47-85-87(90(77)97-86-52-59(51-81(94)88(86)92)58-40-45-83-70(49-58)68-29-12-18-37-82(68)95-83)71-50-57(39-46-84(71)96-85)56-38-42-75-69(48-56)65-26-9-15-34-74(65)91(75)72-32-13-7-24-63(72)64-25-8-14-33-73(64)91/h1-53H/i10D,11D,16D,17D,27D,28D,35D,36D. The average molecular weight is 1260 g/mol. The summed E-state index contributed by atoms with van der Waals surface area (Å²) in [6, 6.07) is 93.9. The van der Waals surface area contributed by atoms with Gasteiger partial charge in [0.1, 0.15) is 22.3 Å². The van der Waals surface area contributed by atoms with Gasteiger partial charge in [0.2, 0.25) is 6.71 Å². The minimum Gasteiger partial charge on any atom is -0.456 e. The van der Waals surface area contributed by atoms with Crippen LogP contribution in [-0.2, 0) is 5.41 Å². The number of para-hydroxylation sites is 4. The van der Waals surface area contributed by atoms with Crippen molar-refractivity contribution in [3.05, 3.63) is 344 Å². The van der Waals surface area contributed by atoms with Crippen molar-refractivity contribution in [3.63, 3.8) is 0 Å². The fourth-order valence-corrected chi connectivity index (χ4v) is 18.5. The summed E-state index contributed by atoms with van der Waals surface area (Å²) in [5.74, 6) is 0. The molecule has 0 amide bonds. The number of benzene rings is 15. The Hall–Kier alpha value is -12.1. The Morgan fingerprint density at radius 2 is 0.876 bits per heavy atom. The van der Waals surface area contributed by atoms with E-state index < -0.39 is 48.4 Å². The molecule has 2 aliphatic carbocycles. The molecular formula is C91H53BN2O2S. The maximum atomic E-state index is 9.71. The molecule has 0 N–H and O–H groups in total. The Labute approximate surface area is 574 Å². The second-order valence-electron chi connectivity index (χ2n) is 25.9. The summed E-state index contributed by atoms with van der Waals surface area (Å²) in [6.45, 7) is -0.426. The molecule has 0 radical (unpaired) electrons. The van der Waals surface area contributed by atoms with Gasteiger partial charge in [0.25, 0.3) is 0 Å². The summed E-state index contributed by atoms with van der Waals surface area (Å²) in [6.07, 6.45) is 0. The fraction of sp³-hybridized carbons (Fsp3) is 0.0110. The van der Waals surface area contributed by atoms with Gasteiger partial charge in [0.05, 0.1) is 33.1 Å². The van der Waals surface area contributed by atoms with E-state index >= 15 is 0 Å². The largest absolute Gasteiger partial charge is 0.456 e. The molecule has 0 fully saturated rings. The Morgan fingerprint density at radius 3 is 1.58 bits per heavy atom. The van der Waals surface area contributed by atoms with Gasteiger partial charge in [-0.25, -0.2) is 0 Å². The van der Waals surface area contributed by atoms with Gasteiger partial charge in [-0.2, -0.15) is 0 Å². The Bertz CT molecular complexity index is 6780. The highest BCUT2D eigenvalue weighted by Gasteiger charge is 2.52. The normalized spacial score (nSPS) is 14.7. The van der Waals surface area contributed by atoms with E-state index in [-0.39, 0.29) is 33.9 Å². The van der Waals surface area contributed by atoms with Crippen LogP contribution in [0, 0.1) is 0 Å². The van der Waals surface area contributed by atoms with E-state index in [2.05, 4.69) is 241 Å². The van der Waals surface area contributed by atoms with Crippen molar-refractivity contribution in [2.75, 3.05) is 4.90 Å². The van der Waals surface area contributed by atoms with Crippen LogP contribution in [0.4, 0.5) is 17.1 Å². The molecule has 448 valence electrons. The topological polar surface area (TPSA) is 34.5 Å². The number of hydrogen-bond donors (Lipinski definition) is 0. The molecule has 22 rings (SSSR count). The zero-order chi connectivity index (χ0) is 70.2. The van der Waals surface area contributed by atoms with Crippen LogP contribution in [0.1, 0.15) is 33.2 Å². The molecule has 0 atom stereocenters. The zero-order valence-electron chi connectivity index (χ0n) is 59.7. The molecule has 1 spiro atoms. The molecule has 0 saturated heterocycles. The number of fused-ring (bicyclic) bond motifs is 24. The smallest absolute Gasteiger partial charge is 0.249 e. The van der Waals surface area contributed by atoms with Gasteiger partial charge in [-0.05, 0) is 168 Å². The summed E-state index contributed by atoms with van der Waals surface area (Å²) in [4.78, 5) is 4.48. The summed E-state index contributed by atoms with van der Waals surface area (Å²) < 4.78 is 89.8. The van der Waals surface area contributed by atoms with Gasteiger partial charge in [-0.1, -0.05) is 260 Å². The Morgan fingerprint density at radius 1 is 0.351 bits per heavy atom. The number of rotatable bonds is 6. The van der Waals surface area contributed by atoms with Crippen LogP contribution in [0.15, 0.2) is 340 Å². The summed E-state index contributed by atoms with van der Waals surface area (Å²) in [7, 11) is 0. The van der Waals surface area contributed by atoms with E-state index in [9.17, 15) is 5.48 Å². The molecule has 0 unspecified atom stereocenters. The van der Waals surface area contributed by atoms with E-state index in [0.29, 0.717) is 5.69 Å². The van der Waals surface area contributed by atoms with Crippen LogP contribution in [0.2, 0.25) is 0 Å². The molecule has 18 aromatic rings. The first-order chi connectivity index (χ1) is 51.4. The number of nitrogens with zero attached hydrogens (tertiary/aromatic N) is 2. The first-order valence-corrected chi connectivity index (χ1v) is 33.6. The van der Waals surface area contributed by atoms with E-state index in [4.69, 9.17) is 14.3 Å². The third kappa shape index (κ3) is 7.34. The lowest BCUT2D eigenvalue weighted by Crippen LogP contribution is -2.60. The lowest BCUT2D eigenvalue weighted by Gasteiger charge is -2.42. The fourth-order valence-electron chi connectivity index (χ4n) is 17.1. The van der Waals surface area contributed by atoms with Gasteiger partial charge < -0.3 is 18.3 Å². The van der Waals surface area contributed by atoms with Gasteiger partial charge in [0, 0.05) is 70.3 Å². The summed E-state index contributed by atoms with van der Waals surface area (Å²) in [5.41, 5.74) is 26.9. The number of hydrogen-bond acceptors (Lipinski definition) is 4. The van der Waals surface area contributed by atoms with Gasteiger partial charge in [-0.15, -0.1) is 0 Å². The summed E-state index contributed by atoms with van der Waals surface area (Å²) >= 11 is 1.76. The molecule has 0 bridgehead atoms. The molecule has 3 aromatic heterocycles. The minimum atomic E-state index is -0.501. The first kappa shape index (κ1) is 46.1. The van der Waals surface area contributed by atoms with Gasteiger partial charge in [0.15, 0.2) is 0 Å². The van der Waals surface area contributed by atoms with Crippen LogP contribution < -0.4 is 21.3 Å². The first-order valence-electron chi connectivity index (χ1n) is 36.8. The zero-order valence-corrected chi connectivity index (χ0v) is 52.5. The van der Waals surface area contributed by atoms with Gasteiger partial charge in [-0.3, -0.25) is 0 Å². The number of furan rings is 2. The van der Waals surface area contributed by atoms with Crippen molar-refractivity contribution < 1.29 is 19.8 Å². The quantitative estimate of drug-likeness (QED) is 0.155. The van der Waals surface area contributed by atoms with Crippen LogP contribution in [0.3, 0.4) is 0 Å². The molecule has 15 aromatic carbocycles. The molecule has 97 heavy (non-hydrogen) atoms. The monoisotopic (exact) mass is 1260 g/mol. The van der Waals surface area contributed by atoms with Crippen LogP contribution >= 0.6 is 11.8 Å². The third-order valence-corrected chi connectivity index (χ3v) is 22.3. The lowest BCUT2D eigenvalue weighted by atomic mass is 9.34. The Kier molecular flexibility index (Phi) is 9.49. The number of anilines is 3. The van der Waals surface area contributed by atoms with Crippen LogP contribution in [0.5, 0.6) is 0 Å². The molecule has 6 heteroatoms. The minimum absolute atomic E-state index is 0.00870. The van der Waals surface area contributed by atoms with Crippen molar-refractivity contribution in [3.8, 4) is 72.4 Å². The van der Waals surface area contributed by atoms with E-state index in [1.54, 1.807) is 16.3 Å². The Balaban J connectivity index is 0.821. The van der Waals surface area contributed by atoms with Crippen molar-refractivity contribution in [2.45, 2.75) is 15.2 Å². The number of aromatic nitrogens is 1. The van der Waals surface area contributed by atoms with E-state index in [1.807, 2.05) is 36.4 Å². The van der Waals surface area contributed by atoms with E-state index in [0.717, 1.165) is 132 Å². The molecule has 4 nitrogen and oxygen atoms in total. The molecule has 2 aliphatic heterocycles. The van der Waals surface area contributed by atoms with Crippen molar-refractivity contribution in [2.24, 2.45) is 0 Å². The molecule has 5 heterocycles. The van der Waals surface area contributed by atoms with Gasteiger partial charge >= 0.3 is 0 Å². The molecule has 4 aliphatic rings. The maximum Gasteiger partial charge on any atom is 0.249 e. The predicted molar refractivity (Wildman–Crippen MR) is 403 cm³/mol. The highest BCUT2D eigenvalue weighted by molar-refractivity contribution is 8.00. The van der Waals surface area contributed by atoms with Crippen molar-refractivity contribution >= 4 is 118 Å². The van der Waals surface area contributed by atoms with Crippen LogP contribution in [-0.4, -0.2) is 11.3 Å². The van der Waals surface area contributed by atoms with Crippen molar-refractivity contribution in [1.29, 1.82) is 0 Å². The lowest BCUT2D eigenvalue weighted by molar-refractivity contribution is 0.668. The predicted octanol–water partition coefficient (Wildman–Crippen LogP) is 22.4. The maximum absolute atomic E-state index is 9.71. The summed E-state index contributed by atoms with van der Waals surface area (Å²) in [5, 5.41) is 4.00. The highest BCUT2D eigenvalue weighted by atomic mass is 32.2. The molecular weight excluding hydrogens is 1200 g/mol. The third-order valence-electron chi connectivity index (χ3n) is 21.1. The second kappa shape index (κ2) is 20.0. The molecule has 0 saturated carbocycles. The second-order valence-corrected chi connectivity index (χ2v) is 26.9. The SMILES string of the molecule is [2H]c1c([2H])c([2H])c2c(c1[2H])c1c([2H])c([2H])c([2H])c([2H])c1n2-c1ccc2c(c1)N(c1c(-c3ccccc3)cccc1-c1ccccc1)c1cc(-c3ccc4oc5ccccc5c4c3)cc3c1B2c1ccc2oc4ccc(-c5ccc6c(c5)-c5ccccc5C65c6ccccc6-c6ccccc65)cc4c2c1S3.